The maximum absolute atomic E-state index is 5.51. The molecule has 0 heterocycles. The number of nitrogens with one attached hydrogen (secondary N) is 1. The SMILES string of the molecule is CCC(C)CC(C)NC/C=C/CCl. The van der Waals surface area contributed by atoms with Crippen molar-refractivity contribution in [2.75, 3.05) is 12.4 Å². The van der Waals surface area contributed by atoms with Crippen molar-refractivity contribution in [3.8, 4) is 0 Å². The summed E-state index contributed by atoms with van der Waals surface area (Å²) >= 11 is 5.51. The standard InChI is InChI=1S/C11H22ClN/c1-4-10(2)9-11(3)13-8-6-5-7-12/h5-6,10-11,13H,4,7-9H2,1-3H3/b6-5+. The van der Waals surface area contributed by atoms with Crippen LogP contribution < -0.4 is 5.32 Å². The molecule has 78 valence electrons. The van der Waals surface area contributed by atoms with E-state index < -0.39 is 0 Å². The molecule has 2 atom stereocenters. The van der Waals surface area contributed by atoms with Crippen molar-refractivity contribution >= 4 is 11.6 Å². The minimum atomic E-state index is 0.606. The summed E-state index contributed by atoms with van der Waals surface area (Å²) in [6.45, 7) is 7.71. The Morgan fingerprint density at radius 3 is 2.54 bits per heavy atom. The van der Waals surface area contributed by atoms with E-state index >= 15 is 0 Å². The topological polar surface area (TPSA) is 12.0 Å². The van der Waals surface area contributed by atoms with E-state index in [9.17, 15) is 0 Å². The first-order valence-electron chi connectivity index (χ1n) is 5.15. The van der Waals surface area contributed by atoms with Crippen LogP contribution in [0.4, 0.5) is 0 Å². The van der Waals surface area contributed by atoms with Crippen molar-refractivity contribution in [1.29, 1.82) is 0 Å². The molecule has 0 amide bonds. The van der Waals surface area contributed by atoms with E-state index in [1.165, 1.54) is 12.8 Å². The third-order valence-corrected chi connectivity index (χ3v) is 2.47. The van der Waals surface area contributed by atoms with Crippen LogP contribution in [-0.4, -0.2) is 18.5 Å². The Morgan fingerprint density at radius 2 is 2.00 bits per heavy atom. The Hall–Kier alpha value is -0.0100. The first kappa shape index (κ1) is 13.0. The fraction of sp³-hybridized carbons (Fsp3) is 0.818. The van der Waals surface area contributed by atoms with Gasteiger partial charge in [-0.2, -0.15) is 0 Å². The van der Waals surface area contributed by atoms with E-state index in [-0.39, 0.29) is 0 Å². The van der Waals surface area contributed by atoms with Gasteiger partial charge in [0.05, 0.1) is 0 Å². The Morgan fingerprint density at radius 1 is 1.31 bits per heavy atom. The zero-order valence-electron chi connectivity index (χ0n) is 9.02. The Bertz CT molecular complexity index is 134. The molecule has 0 aromatic carbocycles. The lowest BCUT2D eigenvalue weighted by Crippen LogP contribution is -2.27. The second-order valence-electron chi connectivity index (χ2n) is 3.68. The molecule has 0 radical (unpaired) electrons. The molecule has 1 N–H and O–H groups in total. The van der Waals surface area contributed by atoms with Crippen molar-refractivity contribution in [3.63, 3.8) is 0 Å². The van der Waals surface area contributed by atoms with Crippen LogP contribution in [0.25, 0.3) is 0 Å². The summed E-state index contributed by atoms with van der Waals surface area (Å²) < 4.78 is 0. The number of allylic oxidation sites excluding steroid dienone is 1. The van der Waals surface area contributed by atoms with Gasteiger partial charge in [-0.25, -0.2) is 0 Å². The molecule has 13 heavy (non-hydrogen) atoms. The molecule has 0 aliphatic rings. The van der Waals surface area contributed by atoms with E-state index in [1.54, 1.807) is 0 Å². The molecule has 0 aromatic heterocycles. The van der Waals surface area contributed by atoms with Crippen LogP contribution in [0.2, 0.25) is 0 Å². The number of hydrogen-bond donors (Lipinski definition) is 1. The van der Waals surface area contributed by atoms with Crippen LogP contribution in [-0.2, 0) is 0 Å². The largest absolute Gasteiger partial charge is 0.311 e. The lowest BCUT2D eigenvalue weighted by molar-refractivity contribution is 0.424. The quantitative estimate of drug-likeness (QED) is 0.495. The molecule has 2 unspecified atom stereocenters. The second-order valence-corrected chi connectivity index (χ2v) is 3.99. The number of hydrogen-bond acceptors (Lipinski definition) is 1. The summed E-state index contributed by atoms with van der Waals surface area (Å²) in [6, 6.07) is 0.606. The molecule has 0 spiro atoms. The third-order valence-electron chi connectivity index (χ3n) is 2.29. The number of halogens is 1. The van der Waals surface area contributed by atoms with Gasteiger partial charge in [0.1, 0.15) is 0 Å². The van der Waals surface area contributed by atoms with E-state index in [4.69, 9.17) is 11.6 Å². The molecular formula is C11H22ClN. The summed E-state index contributed by atoms with van der Waals surface area (Å²) in [5, 5.41) is 3.44. The molecular weight excluding hydrogens is 182 g/mol. The zero-order chi connectivity index (χ0) is 10.1. The molecule has 0 rings (SSSR count). The van der Waals surface area contributed by atoms with E-state index in [0.29, 0.717) is 11.9 Å². The Labute approximate surface area is 87.6 Å². The first-order chi connectivity index (χ1) is 6.20. The van der Waals surface area contributed by atoms with E-state index in [1.807, 2.05) is 6.08 Å². The van der Waals surface area contributed by atoms with Gasteiger partial charge in [-0.1, -0.05) is 32.4 Å². The molecule has 0 saturated heterocycles. The summed E-state index contributed by atoms with van der Waals surface area (Å²) in [4.78, 5) is 0. The average Bonchev–Trinajstić information content (AvgIpc) is 2.12. The smallest absolute Gasteiger partial charge is 0.0404 e. The van der Waals surface area contributed by atoms with Crippen molar-refractivity contribution < 1.29 is 0 Å². The Kier molecular flexibility index (Phi) is 8.58. The van der Waals surface area contributed by atoms with Gasteiger partial charge in [-0.05, 0) is 19.3 Å². The summed E-state index contributed by atoms with van der Waals surface area (Å²) in [6.07, 6.45) is 6.58. The fourth-order valence-electron chi connectivity index (χ4n) is 1.27. The van der Waals surface area contributed by atoms with Crippen LogP contribution in [0.3, 0.4) is 0 Å². The van der Waals surface area contributed by atoms with Crippen molar-refractivity contribution in [2.24, 2.45) is 5.92 Å². The molecule has 0 saturated carbocycles. The fourth-order valence-corrected chi connectivity index (χ4v) is 1.40. The lowest BCUT2D eigenvalue weighted by Gasteiger charge is -2.16. The Balaban J connectivity index is 3.39. The summed E-state index contributed by atoms with van der Waals surface area (Å²) in [7, 11) is 0. The molecule has 0 aliphatic carbocycles. The van der Waals surface area contributed by atoms with Gasteiger partial charge in [0.15, 0.2) is 0 Å². The van der Waals surface area contributed by atoms with Gasteiger partial charge in [0.2, 0.25) is 0 Å². The minimum Gasteiger partial charge on any atom is -0.311 e. The summed E-state index contributed by atoms with van der Waals surface area (Å²) in [5.74, 6) is 1.43. The predicted octanol–water partition coefficient (Wildman–Crippen LogP) is 3.20. The van der Waals surface area contributed by atoms with Gasteiger partial charge in [-0.15, -0.1) is 11.6 Å². The van der Waals surface area contributed by atoms with Crippen LogP contribution in [0.15, 0.2) is 12.2 Å². The molecule has 0 bridgehead atoms. The van der Waals surface area contributed by atoms with Gasteiger partial charge in [-0.3, -0.25) is 0 Å². The second kappa shape index (κ2) is 8.58. The van der Waals surface area contributed by atoms with Gasteiger partial charge >= 0.3 is 0 Å². The monoisotopic (exact) mass is 203 g/mol. The highest BCUT2D eigenvalue weighted by Crippen LogP contribution is 2.08. The predicted molar refractivity (Wildman–Crippen MR) is 61.4 cm³/mol. The van der Waals surface area contributed by atoms with Crippen LogP contribution in [0, 0.1) is 5.92 Å². The lowest BCUT2D eigenvalue weighted by atomic mass is 10.0. The van der Waals surface area contributed by atoms with Crippen LogP contribution >= 0.6 is 11.6 Å². The van der Waals surface area contributed by atoms with Gasteiger partial charge in [0.25, 0.3) is 0 Å². The van der Waals surface area contributed by atoms with Gasteiger partial charge in [0, 0.05) is 18.5 Å². The average molecular weight is 204 g/mol. The number of rotatable bonds is 7. The van der Waals surface area contributed by atoms with Crippen molar-refractivity contribution in [3.05, 3.63) is 12.2 Å². The van der Waals surface area contributed by atoms with E-state index in [0.717, 1.165) is 12.5 Å². The molecule has 1 nitrogen and oxygen atoms in total. The maximum Gasteiger partial charge on any atom is 0.0404 e. The summed E-state index contributed by atoms with van der Waals surface area (Å²) in [5.41, 5.74) is 0. The number of alkyl halides is 1. The first-order valence-corrected chi connectivity index (χ1v) is 5.68. The van der Waals surface area contributed by atoms with E-state index in [2.05, 4.69) is 32.2 Å². The zero-order valence-corrected chi connectivity index (χ0v) is 9.77. The molecule has 0 aromatic rings. The maximum atomic E-state index is 5.51. The molecule has 2 heteroatoms. The molecule has 0 aliphatic heterocycles. The molecule has 0 fully saturated rings. The highest BCUT2D eigenvalue weighted by atomic mass is 35.5. The van der Waals surface area contributed by atoms with Crippen LogP contribution in [0.1, 0.15) is 33.6 Å². The normalized spacial score (nSPS) is 16.3. The highest BCUT2D eigenvalue weighted by molar-refractivity contribution is 6.18. The van der Waals surface area contributed by atoms with Gasteiger partial charge < -0.3 is 5.32 Å². The van der Waals surface area contributed by atoms with Crippen molar-refractivity contribution in [2.45, 2.75) is 39.7 Å². The minimum absolute atomic E-state index is 0.606. The highest BCUT2D eigenvalue weighted by Gasteiger charge is 2.04. The van der Waals surface area contributed by atoms with Crippen molar-refractivity contribution in [1.82, 2.24) is 5.32 Å². The van der Waals surface area contributed by atoms with Crippen LogP contribution in [0.5, 0.6) is 0 Å². The third kappa shape index (κ3) is 8.32.